The summed E-state index contributed by atoms with van der Waals surface area (Å²) in [5, 5.41) is 0. The van der Waals surface area contributed by atoms with Crippen LogP contribution in [-0.4, -0.2) is 29.3 Å². The van der Waals surface area contributed by atoms with E-state index in [1.165, 1.54) is 57.9 Å². The molecule has 11 atom stereocenters. The van der Waals surface area contributed by atoms with E-state index in [1.807, 2.05) is 0 Å². The van der Waals surface area contributed by atoms with E-state index >= 15 is 0 Å². The van der Waals surface area contributed by atoms with Crippen LogP contribution in [0.25, 0.3) is 0 Å². The molecule has 6 aliphatic rings. The predicted octanol–water partition coefficient (Wildman–Crippen LogP) is 5.94. The fourth-order valence-corrected chi connectivity index (χ4v) is 10.8. The molecule has 0 amide bonds. The van der Waals surface area contributed by atoms with E-state index in [0.717, 1.165) is 60.4 Å². The van der Waals surface area contributed by atoms with Gasteiger partial charge in [-0.05, 0) is 104 Å². The molecule has 4 aliphatic carbocycles. The van der Waals surface area contributed by atoms with Gasteiger partial charge in [-0.2, -0.15) is 0 Å². The Kier molecular flexibility index (Phi) is 4.22. The number of Topliss-reactive ketones (excluding diaryl/α,β-unsaturated/α-hetero) is 1. The molecule has 0 aromatic rings. The van der Waals surface area contributed by atoms with E-state index in [0.29, 0.717) is 22.5 Å². The zero-order valence-electron chi connectivity index (χ0n) is 19.3. The first kappa shape index (κ1) is 19.3. The first-order chi connectivity index (χ1) is 13.8. The van der Waals surface area contributed by atoms with Crippen LogP contribution in [0, 0.1) is 52.3 Å². The van der Waals surface area contributed by atoms with Crippen LogP contribution in [0.4, 0.5) is 0 Å². The summed E-state index contributed by atoms with van der Waals surface area (Å²) in [5.41, 5.74) is 1.04. The molecular weight excluding hydrogens is 354 g/mol. The summed E-state index contributed by atoms with van der Waals surface area (Å²) in [4.78, 5) is 15.2. The summed E-state index contributed by atoms with van der Waals surface area (Å²) in [6, 6.07) is 1.76. The summed E-state index contributed by atoms with van der Waals surface area (Å²) >= 11 is 0. The molecule has 6 fully saturated rings. The van der Waals surface area contributed by atoms with Crippen molar-refractivity contribution in [3.8, 4) is 0 Å². The molecule has 0 aromatic carbocycles. The average Bonchev–Trinajstić information content (AvgIpc) is 3.15. The Morgan fingerprint density at radius 1 is 0.897 bits per heavy atom. The molecule has 2 heteroatoms. The van der Waals surface area contributed by atoms with Gasteiger partial charge in [-0.3, -0.25) is 9.69 Å². The fourth-order valence-electron chi connectivity index (χ4n) is 10.8. The number of carbonyl (C=O) groups excluding carboxylic acids is 1. The number of ketones is 1. The number of fused-ring (bicyclic) bond motifs is 9. The highest BCUT2D eigenvalue weighted by Gasteiger charge is 2.66. The SMILES string of the molecule is CC1CC[C@@H]2C(C)C3C(CC4C5CCC6CC(=O)CCC6(C)C5CCC43C)N2C1. The van der Waals surface area contributed by atoms with E-state index < -0.39 is 0 Å². The van der Waals surface area contributed by atoms with E-state index in [2.05, 4.69) is 32.6 Å². The van der Waals surface area contributed by atoms with Gasteiger partial charge < -0.3 is 0 Å². The Morgan fingerprint density at radius 3 is 2.55 bits per heavy atom. The van der Waals surface area contributed by atoms with Gasteiger partial charge in [0.05, 0.1) is 0 Å². The van der Waals surface area contributed by atoms with Crippen LogP contribution < -0.4 is 0 Å². The lowest BCUT2D eigenvalue weighted by atomic mass is 9.44. The second-order valence-corrected chi connectivity index (χ2v) is 13.1. The van der Waals surface area contributed by atoms with Crippen molar-refractivity contribution in [1.82, 2.24) is 4.90 Å². The molecule has 2 saturated heterocycles. The summed E-state index contributed by atoms with van der Waals surface area (Å²) in [6.45, 7) is 11.8. The smallest absolute Gasteiger partial charge is 0.133 e. The number of nitrogens with zero attached hydrogens (tertiary/aromatic N) is 1. The van der Waals surface area contributed by atoms with Gasteiger partial charge in [0, 0.05) is 31.5 Å². The second-order valence-electron chi connectivity index (χ2n) is 13.1. The van der Waals surface area contributed by atoms with Crippen molar-refractivity contribution in [2.75, 3.05) is 6.54 Å². The summed E-state index contributed by atoms with van der Waals surface area (Å²) < 4.78 is 0. The van der Waals surface area contributed by atoms with Crippen molar-refractivity contribution in [1.29, 1.82) is 0 Å². The van der Waals surface area contributed by atoms with Crippen LogP contribution in [0.2, 0.25) is 0 Å². The maximum absolute atomic E-state index is 12.2. The van der Waals surface area contributed by atoms with Crippen molar-refractivity contribution in [2.24, 2.45) is 52.3 Å². The Hall–Kier alpha value is -0.370. The van der Waals surface area contributed by atoms with Gasteiger partial charge in [0.25, 0.3) is 0 Å². The molecule has 0 N–H and O–H groups in total. The van der Waals surface area contributed by atoms with Gasteiger partial charge in [-0.1, -0.05) is 27.7 Å². The highest BCUT2D eigenvalue weighted by Crippen LogP contribution is 2.70. The minimum Gasteiger partial charge on any atom is -0.300 e. The minimum absolute atomic E-state index is 0.462. The molecule has 0 bridgehead atoms. The van der Waals surface area contributed by atoms with E-state index in [4.69, 9.17) is 0 Å². The zero-order chi connectivity index (χ0) is 20.1. The van der Waals surface area contributed by atoms with E-state index in [1.54, 1.807) is 0 Å². The van der Waals surface area contributed by atoms with Gasteiger partial charge in [-0.25, -0.2) is 0 Å². The van der Waals surface area contributed by atoms with Gasteiger partial charge in [0.2, 0.25) is 0 Å². The van der Waals surface area contributed by atoms with Gasteiger partial charge >= 0.3 is 0 Å². The molecule has 0 radical (unpaired) electrons. The topological polar surface area (TPSA) is 20.3 Å². The van der Waals surface area contributed by atoms with Crippen LogP contribution in [0.1, 0.15) is 91.9 Å². The summed E-state index contributed by atoms with van der Waals surface area (Å²) in [7, 11) is 0. The van der Waals surface area contributed by atoms with Crippen molar-refractivity contribution < 1.29 is 4.79 Å². The largest absolute Gasteiger partial charge is 0.300 e. The fraction of sp³-hybridized carbons (Fsp3) is 0.963. The molecular formula is C27H43NO. The molecule has 2 aliphatic heterocycles. The number of carbonyl (C=O) groups is 1. The van der Waals surface area contributed by atoms with Gasteiger partial charge in [0.15, 0.2) is 0 Å². The molecule has 6 rings (SSSR count). The molecule has 10 unspecified atom stereocenters. The lowest BCUT2D eigenvalue weighted by Gasteiger charge is -2.60. The monoisotopic (exact) mass is 397 g/mol. The number of piperidine rings is 1. The van der Waals surface area contributed by atoms with Crippen molar-refractivity contribution in [2.45, 2.75) is 104 Å². The van der Waals surface area contributed by atoms with Gasteiger partial charge in [-0.15, -0.1) is 0 Å². The molecule has 4 saturated carbocycles. The zero-order valence-corrected chi connectivity index (χ0v) is 19.3. The molecule has 162 valence electrons. The lowest BCUT2D eigenvalue weighted by molar-refractivity contribution is -0.140. The third-order valence-corrected chi connectivity index (χ3v) is 12.1. The molecule has 0 aromatic heterocycles. The third kappa shape index (κ3) is 2.48. The maximum Gasteiger partial charge on any atom is 0.133 e. The van der Waals surface area contributed by atoms with Crippen molar-refractivity contribution >= 4 is 5.78 Å². The molecule has 2 nitrogen and oxygen atoms in total. The highest BCUT2D eigenvalue weighted by atomic mass is 16.1. The predicted molar refractivity (Wildman–Crippen MR) is 117 cm³/mol. The minimum atomic E-state index is 0.462. The van der Waals surface area contributed by atoms with E-state index in [-0.39, 0.29) is 0 Å². The van der Waals surface area contributed by atoms with Crippen molar-refractivity contribution in [3.05, 3.63) is 0 Å². The summed E-state index contributed by atoms with van der Waals surface area (Å²) in [5.74, 6) is 6.80. The Labute approximate surface area is 178 Å². The normalized spacial score (nSPS) is 59.4. The third-order valence-electron chi connectivity index (χ3n) is 12.1. The first-order valence-corrected chi connectivity index (χ1v) is 13.1. The lowest BCUT2D eigenvalue weighted by Crippen LogP contribution is -2.54. The standard InChI is InChI=1S/C27H43NO/c1-16-5-8-23-17(2)25-24(28(23)15-16)14-22-20-7-6-18-13-19(29)9-11-26(18,3)21(20)10-12-27(22,25)4/h16-18,20-25H,5-15H2,1-4H3/t16?,17?,18?,20?,21?,22?,23-,24?,25?,26?,27?/m1/s1. The average molecular weight is 398 g/mol. The number of hydrogen-bond donors (Lipinski definition) is 0. The molecule has 29 heavy (non-hydrogen) atoms. The van der Waals surface area contributed by atoms with E-state index in [9.17, 15) is 4.79 Å². The highest BCUT2D eigenvalue weighted by molar-refractivity contribution is 5.79. The Morgan fingerprint density at radius 2 is 1.72 bits per heavy atom. The number of rotatable bonds is 0. The van der Waals surface area contributed by atoms with Crippen LogP contribution in [0.5, 0.6) is 0 Å². The second kappa shape index (κ2) is 6.33. The van der Waals surface area contributed by atoms with Gasteiger partial charge in [0.1, 0.15) is 5.78 Å². The van der Waals surface area contributed by atoms with Crippen LogP contribution >= 0.6 is 0 Å². The van der Waals surface area contributed by atoms with Crippen LogP contribution in [-0.2, 0) is 4.79 Å². The number of hydrogen-bond acceptors (Lipinski definition) is 2. The molecule has 2 heterocycles. The summed E-state index contributed by atoms with van der Waals surface area (Å²) in [6.07, 6.45) is 13.0. The Bertz CT molecular complexity index is 703. The van der Waals surface area contributed by atoms with Crippen molar-refractivity contribution in [3.63, 3.8) is 0 Å². The van der Waals surface area contributed by atoms with Crippen LogP contribution in [0.3, 0.4) is 0 Å². The maximum atomic E-state index is 12.2. The molecule has 0 spiro atoms. The van der Waals surface area contributed by atoms with Crippen LogP contribution in [0.15, 0.2) is 0 Å². The first-order valence-electron chi connectivity index (χ1n) is 13.1. The Balaban J connectivity index is 1.31. The quantitative estimate of drug-likeness (QED) is 0.504.